The summed E-state index contributed by atoms with van der Waals surface area (Å²) in [7, 11) is 0. The van der Waals surface area contributed by atoms with Crippen LogP contribution in [0.25, 0.3) is 0 Å². The highest BCUT2D eigenvalue weighted by molar-refractivity contribution is 6.16. The fraction of sp³-hybridized carbons (Fsp3) is 0.111. The van der Waals surface area contributed by atoms with Crippen LogP contribution in [0.1, 0.15) is 18.5 Å². The van der Waals surface area contributed by atoms with Crippen molar-refractivity contribution in [2.75, 3.05) is 4.90 Å². The number of nitrogens with zero attached hydrogens (tertiary/aromatic N) is 1. The number of hydrogen-bond acceptors (Lipinski definition) is 3. The van der Waals surface area contributed by atoms with Gasteiger partial charge in [-0.1, -0.05) is 30.3 Å². The summed E-state index contributed by atoms with van der Waals surface area (Å²) in [6.07, 6.45) is 0. The molecular weight excluding hydrogens is 297 g/mol. The molecule has 4 nitrogen and oxygen atoms in total. The molecule has 116 valence electrons. The van der Waals surface area contributed by atoms with Gasteiger partial charge < -0.3 is 5.11 Å². The summed E-state index contributed by atoms with van der Waals surface area (Å²) in [6, 6.07) is 13.5. The third kappa shape index (κ3) is 2.50. The Morgan fingerprint density at radius 3 is 2.26 bits per heavy atom. The standard InChI is InChI=1S/C18H14FNO3/c1-11(21)15-16(12-7-9-13(19)10-8-12)20(18(23)17(15)22)14-5-3-2-4-6-14/h2-10,16,22H,1H3/t16-/m0/s1. The fourth-order valence-corrected chi connectivity index (χ4v) is 2.78. The maximum atomic E-state index is 13.2. The van der Waals surface area contributed by atoms with Gasteiger partial charge in [-0.05, 0) is 36.8 Å². The van der Waals surface area contributed by atoms with Gasteiger partial charge in [-0.15, -0.1) is 0 Å². The van der Waals surface area contributed by atoms with Crippen molar-refractivity contribution in [1.82, 2.24) is 0 Å². The van der Waals surface area contributed by atoms with Gasteiger partial charge in [0.25, 0.3) is 5.91 Å². The minimum atomic E-state index is -0.775. The van der Waals surface area contributed by atoms with Crippen molar-refractivity contribution in [3.8, 4) is 0 Å². The van der Waals surface area contributed by atoms with Gasteiger partial charge in [-0.3, -0.25) is 14.5 Å². The molecular formula is C18H14FNO3. The van der Waals surface area contributed by atoms with E-state index >= 15 is 0 Å². The molecule has 1 N–H and O–H groups in total. The quantitative estimate of drug-likeness (QED) is 0.946. The molecule has 5 heteroatoms. The number of ketones is 1. The molecule has 0 saturated carbocycles. The van der Waals surface area contributed by atoms with Crippen molar-refractivity contribution in [3.63, 3.8) is 0 Å². The smallest absolute Gasteiger partial charge is 0.294 e. The van der Waals surface area contributed by atoms with E-state index in [-0.39, 0.29) is 5.57 Å². The molecule has 2 aromatic carbocycles. The Bertz CT molecular complexity index is 797. The average Bonchev–Trinajstić information content (AvgIpc) is 2.81. The van der Waals surface area contributed by atoms with Crippen LogP contribution in [0.15, 0.2) is 65.9 Å². The number of Topliss-reactive ketones (excluding diaryl/α,β-unsaturated/α-hetero) is 1. The molecule has 0 radical (unpaired) electrons. The van der Waals surface area contributed by atoms with Gasteiger partial charge in [0, 0.05) is 5.69 Å². The lowest BCUT2D eigenvalue weighted by Gasteiger charge is -2.26. The van der Waals surface area contributed by atoms with Crippen LogP contribution in [0.2, 0.25) is 0 Å². The summed E-state index contributed by atoms with van der Waals surface area (Å²) in [6.45, 7) is 1.30. The Labute approximate surface area is 132 Å². The normalized spacial score (nSPS) is 17.7. The SMILES string of the molecule is CC(=O)C1=C(O)C(=O)N(c2ccccc2)[C@H]1c1ccc(F)cc1. The maximum Gasteiger partial charge on any atom is 0.294 e. The summed E-state index contributed by atoms with van der Waals surface area (Å²) in [5, 5.41) is 10.1. The van der Waals surface area contributed by atoms with Gasteiger partial charge in [-0.2, -0.15) is 0 Å². The van der Waals surface area contributed by atoms with Crippen LogP contribution in [0.3, 0.4) is 0 Å². The number of hydrogen-bond donors (Lipinski definition) is 1. The zero-order valence-electron chi connectivity index (χ0n) is 12.4. The van der Waals surface area contributed by atoms with Crippen molar-refractivity contribution in [1.29, 1.82) is 0 Å². The lowest BCUT2D eigenvalue weighted by Crippen LogP contribution is -2.30. The van der Waals surface area contributed by atoms with Crippen LogP contribution in [0, 0.1) is 5.82 Å². The number of aliphatic hydroxyl groups is 1. The van der Waals surface area contributed by atoms with Gasteiger partial charge >= 0.3 is 0 Å². The van der Waals surface area contributed by atoms with E-state index in [9.17, 15) is 19.1 Å². The lowest BCUT2D eigenvalue weighted by molar-refractivity contribution is -0.117. The number of amides is 1. The minimum absolute atomic E-state index is 0.0189. The van der Waals surface area contributed by atoms with E-state index in [1.165, 1.54) is 36.1 Å². The molecule has 0 unspecified atom stereocenters. The van der Waals surface area contributed by atoms with Gasteiger partial charge in [0.15, 0.2) is 11.5 Å². The largest absolute Gasteiger partial charge is 0.503 e. The van der Waals surface area contributed by atoms with Gasteiger partial charge in [0.1, 0.15) is 5.82 Å². The summed E-state index contributed by atoms with van der Waals surface area (Å²) in [4.78, 5) is 25.8. The average molecular weight is 311 g/mol. The molecule has 1 atom stereocenters. The molecule has 1 aliphatic rings. The first kappa shape index (κ1) is 15.0. The van der Waals surface area contributed by atoms with E-state index < -0.39 is 29.3 Å². The Balaban J connectivity index is 2.17. The molecule has 0 bridgehead atoms. The third-order valence-electron chi connectivity index (χ3n) is 3.81. The zero-order chi connectivity index (χ0) is 16.6. The van der Waals surface area contributed by atoms with Crippen LogP contribution in [-0.2, 0) is 9.59 Å². The summed E-state index contributed by atoms with van der Waals surface area (Å²) in [5.41, 5.74) is 1.12. The number of halogens is 1. The molecule has 1 heterocycles. The molecule has 0 spiro atoms. The van der Waals surface area contributed by atoms with Crippen LogP contribution in [-0.4, -0.2) is 16.8 Å². The highest BCUT2D eigenvalue weighted by atomic mass is 19.1. The van der Waals surface area contributed by atoms with E-state index in [0.29, 0.717) is 11.3 Å². The fourth-order valence-electron chi connectivity index (χ4n) is 2.78. The van der Waals surface area contributed by atoms with Crippen molar-refractivity contribution >= 4 is 17.4 Å². The lowest BCUT2D eigenvalue weighted by atomic mass is 9.96. The number of anilines is 1. The Morgan fingerprint density at radius 1 is 1.09 bits per heavy atom. The highest BCUT2D eigenvalue weighted by Crippen LogP contribution is 2.40. The van der Waals surface area contributed by atoms with Crippen molar-refractivity contribution in [3.05, 3.63) is 77.3 Å². The Kier molecular flexibility index (Phi) is 3.70. The number of carbonyl (C=O) groups is 2. The summed E-state index contributed by atoms with van der Waals surface area (Å²) < 4.78 is 13.2. The third-order valence-corrected chi connectivity index (χ3v) is 3.81. The zero-order valence-corrected chi connectivity index (χ0v) is 12.4. The maximum absolute atomic E-state index is 13.2. The first-order valence-electron chi connectivity index (χ1n) is 7.09. The van der Waals surface area contributed by atoms with Gasteiger partial charge in [-0.25, -0.2) is 4.39 Å². The van der Waals surface area contributed by atoms with E-state index in [1.54, 1.807) is 30.3 Å². The number of aliphatic hydroxyl groups excluding tert-OH is 1. The van der Waals surface area contributed by atoms with Crippen molar-refractivity contribution < 1.29 is 19.1 Å². The molecule has 2 aromatic rings. The number of benzene rings is 2. The number of rotatable bonds is 3. The second-order valence-corrected chi connectivity index (χ2v) is 5.28. The van der Waals surface area contributed by atoms with Crippen LogP contribution < -0.4 is 4.90 Å². The van der Waals surface area contributed by atoms with Crippen LogP contribution in [0.5, 0.6) is 0 Å². The van der Waals surface area contributed by atoms with Crippen LogP contribution >= 0.6 is 0 Å². The monoisotopic (exact) mass is 311 g/mol. The molecule has 0 saturated heterocycles. The second-order valence-electron chi connectivity index (χ2n) is 5.28. The van der Waals surface area contributed by atoms with Gasteiger partial charge in [0.05, 0.1) is 11.6 Å². The first-order valence-corrected chi connectivity index (χ1v) is 7.09. The topological polar surface area (TPSA) is 57.6 Å². The molecule has 1 amide bonds. The van der Waals surface area contributed by atoms with Crippen molar-refractivity contribution in [2.24, 2.45) is 0 Å². The van der Waals surface area contributed by atoms with Gasteiger partial charge in [0.2, 0.25) is 0 Å². The summed E-state index contributed by atoms with van der Waals surface area (Å²) in [5.74, 6) is -2.02. The van der Waals surface area contributed by atoms with Crippen molar-refractivity contribution in [2.45, 2.75) is 13.0 Å². The van der Waals surface area contributed by atoms with E-state index in [0.717, 1.165) is 0 Å². The molecule has 0 aromatic heterocycles. The first-order chi connectivity index (χ1) is 11.0. The number of para-hydroxylation sites is 1. The molecule has 0 fully saturated rings. The molecule has 0 aliphatic carbocycles. The predicted molar refractivity (Wildman–Crippen MR) is 83.4 cm³/mol. The molecule has 1 aliphatic heterocycles. The Hall–Kier alpha value is -2.95. The minimum Gasteiger partial charge on any atom is -0.503 e. The molecule has 23 heavy (non-hydrogen) atoms. The summed E-state index contributed by atoms with van der Waals surface area (Å²) >= 11 is 0. The van der Waals surface area contributed by atoms with E-state index in [1.807, 2.05) is 0 Å². The molecule has 3 rings (SSSR count). The van der Waals surface area contributed by atoms with E-state index in [4.69, 9.17) is 0 Å². The predicted octanol–water partition coefficient (Wildman–Crippen LogP) is 3.31. The Morgan fingerprint density at radius 2 is 1.70 bits per heavy atom. The highest BCUT2D eigenvalue weighted by Gasteiger charge is 2.43. The van der Waals surface area contributed by atoms with Crippen LogP contribution in [0.4, 0.5) is 10.1 Å². The van der Waals surface area contributed by atoms with E-state index in [2.05, 4.69) is 0 Å². The second kappa shape index (κ2) is 5.68. The number of carbonyl (C=O) groups excluding carboxylic acids is 2.